The maximum atomic E-state index is 12.0. The van der Waals surface area contributed by atoms with Gasteiger partial charge in [0, 0.05) is 19.6 Å². The molecule has 6 nitrogen and oxygen atoms in total. The van der Waals surface area contributed by atoms with Gasteiger partial charge in [0.15, 0.2) is 5.65 Å². The van der Waals surface area contributed by atoms with E-state index in [0.29, 0.717) is 29.5 Å². The van der Waals surface area contributed by atoms with E-state index in [2.05, 4.69) is 33.8 Å². The van der Waals surface area contributed by atoms with Gasteiger partial charge in [0.2, 0.25) is 0 Å². The van der Waals surface area contributed by atoms with Gasteiger partial charge < -0.3 is 4.98 Å². The highest BCUT2D eigenvalue weighted by Crippen LogP contribution is 2.28. The Morgan fingerprint density at radius 3 is 2.90 bits per heavy atom. The highest BCUT2D eigenvalue weighted by atomic mass is 16.1. The molecule has 0 radical (unpaired) electrons. The molecule has 1 aliphatic rings. The summed E-state index contributed by atoms with van der Waals surface area (Å²) in [5.74, 6) is 1.35. The van der Waals surface area contributed by atoms with Crippen molar-refractivity contribution in [1.82, 2.24) is 24.6 Å². The zero-order valence-corrected chi connectivity index (χ0v) is 12.3. The summed E-state index contributed by atoms with van der Waals surface area (Å²) in [4.78, 5) is 21.9. The molecule has 0 saturated heterocycles. The minimum absolute atomic E-state index is 0.0987. The molecule has 108 valence electrons. The number of aromatic nitrogens is 4. The summed E-state index contributed by atoms with van der Waals surface area (Å²) in [6.07, 6.45) is 4.08. The number of aryl methyl sites for hydroxylation is 1. The molecule has 1 N–H and O–H groups in total. The van der Waals surface area contributed by atoms with Crippen LogP contribution in [0.1, 0.15) is 32.5 Å². The summed E-state index contributed by atoms with van der Waals surface area (Å²) in [5.41, 5.74) is 0.558. The molecule has 3 rings (SSSR count). The normalized spacial score (nSPS) is 15.7. The third-order valence-corrected chi connectivity index (χ3v) is 3.67. The fourth-order valence-electron chi connectivity index (χ4n) is 2.60. The van der Waals surface area contributed by atoms with Gasteiger partial charge >= 0.3 is 0 Å². The second-order valence-corrected chi connectivity index (χ2v) is 6.07. The van der Waals surface area contributed by atoms with Gasteiger partial charge in [-0.1, -0.05) is 13.8 Å². The Labute approximate surface area is 117 Å². The van der Waals surface area contributed by atoms with Gasteiger partial charge in [0.05, 0.1) is 12.7 Å². The van der Waals surface area contributed by atoms with Crippen LogP contribution in [0.4, 0.5) is 0 Å². The molecule has 20 heavy (non-hydrogen) atoms. The van der Waals surface area contributed by atoms with Crippen molar-refractivity contribution in [2.24, 2.45) is 13.0 Å². The minimum atomic E-state index is -0.0987. The van der Waals surface area contributed by atoms with Gasteiger partial charge in [-0.2, -0.15) is 5.10 Å². The first kappa shape index (κ1) is 13.3. The second-order valence-electron chi connectivity index (χ2n) is 6.07. The van der Waals surface area contributed by atoms with Crippen molar-refractivity contribution in [2.75, 3.05) is 6.54 Å². The van der Waals surface area contributed by atoms with Crippen LogP contribution in [-0.2, 0) is 13.6 Å². The predicted molar refractivity (Wildman–Crippen MR) is 77.4 cm³/mol. The average Bonchev–Trinajstić information content (AvgIpc) is 3.14. The number of nitrogens with one attached hydrogen (secondary N) is 1. The smallest absolute Gasteiger partial charge is 0.262 e. The lowest BCUT2D eigenvalue weighted by Crippen LogP contribution is -2.31. The van der Waals surface area contributed by atoms with E-state index in [1.165, 1.54) is 12.8 Å². The van der Waals surface area contributed by atoms with Crippen LogP contribution in [0, 0.1) is 5.92 Å². The summed E-state index contributed by atoms with van der Waals surface area (Å²) in [5, 5.41) is 4.65. The maximum Gasteiger partial charge on any atom is 0.262 e. The molecule has 0 amide bonds. The molecule has 0 spiro atoms. The fraction of sp³-hybridized carbons (Fsp3) is 0.643. The molecule has 0 aromatic carbocycles. The second kappa shape index (κ2) is 5.01. The number of aromatic amines is 1. The number of hydrogen-bond donors (Lipinski definition) is 1. The van der Waals surface area contributed by atoms with Gasteiger partial charge in [-0.25, -0.2) is 4.98 Å². The Balaban J connectivity index is 1.89. The van der Waals surface area contributed by atoms with E-state index < -0.39 is 0 Å². The minimum Gasteiger partial charge on any atom is -0.309 e. The Morgan fingerprint density at radius 2 is 2.25 bits per heavy atom. The zero-order valence-electron chi connectivity index (χ0n) is 12.3. The van der Waals surface area contributed by atoms with Crippen LogP contribution < -0.4 is 5.56 Å². The third-order valence-electron chi connectivity index (χ3n) is 3.67. The van der Waals surface area contributed by atoms with Crippen LogP contribution >= 0.6 is 0 Å². The largest absolute Gasteiger partial charge is 0.309 e. The zero-order chi connectivity index (χ0) is 14.3. The topological polar surface area (TPSA) is 66.8 Å². The van der Waals surface area contributed by atoms with Crippen LogP contribution in [-0.4, -0.2) is 37.2 Å². The summed E-state index contributed by atoms with van der Waals surface area (Å²) >= 11 is 0. The molecule has 2 aromatic heterocycles. The number of H-pyrrole nitrogens is 1. The highest BCUT2D eigenvalue weighted by Gasteiger charge is 2.29. The molecule has 0 atom stereocenters. The molecule has 0 aliphatic heterocycles. The molecule has 6 heteroatoms. The van der Waals surface area contributed by atoms with Crippen LogP contribution in [0.2, 0.25) is 0 Å². The van der Waals surface area contributed by atoms with Crippen molar-refractivity contribution in [1.29, 1.82) is 0 Å². The molecule has 2 heterocycles. The number of rotatable bonds is 5. The fourth-order valence-corrected chi connectivity index (χ4v) is 2.60. The van der Waals surface area contributed by atoms with Crippen molar-refractivity contribution in [2.45, 2.75) is 39.3 Å². The van der Waals surface area contributed by atoms with Gasteiger partial charge in [-0.05, 0) is 18.8 Å². The Hall–Kier alpha value is -1.69. The molecule has 0 bridgehead atoms. The molecule has 1 saturated carbocycles. The van der Waals surface area contributed by atoms with Crippen LogP contribution in [0.15, 0.2) is 11.0 Å². The SMILES string of the molecule is CC(C)CN(Cc1nc2c(cnn2C)c(=O)[nH]1)C1CC1. The molecule has 2 aromatic rings. The first-order chi connectivity index (χ1) is 9.54. The van der Waals surface area contributed by atoms with Gasteiger partial charge in [-0.3, -0.25) is 14.4 Å². The maximum absolute atomic E-state index is 12.0. The van der Waals surface area contributed by atoms with E-state index in [1.807, 2.05) is 7.05 Å². The standard InChI is InChI=1S/C14H21N5O/c1-9(2)7-19(10-4-5-10)8-12-16-13-11(14(20)17-12)6-15-18(13)3/h6,9-10H,4-5,7-8H2,1-3H3,(H,16,17,20). The molecular weight excluding hydrogens is 254 g/mol. The van der Waals surface area contributed by atoms with E-state index in [0.717, 1.165) is 12.4 Å². The monoisotopic (exact) mass is 275 g/mol. The summed E-state index contributed by atoms with van der Waals surface area (Å²) < 4.78 is 1.65. The Morgan fingerprint density at radius 1 is 1.50 bits per heavy atom. The lowest BCUT2D eigenvalue weighted by molar-refractivity contribution is 0.221. The van der Waals surface area contributed by atoms with Crippen molar-refractivity contribution < 1.29 is 0 Å². The van der Waals surface area contributed by atoms with Crippen LogP contribution in [0.25, 0.3) is 11.0 Å². The van der Waals surface area contributed by atoms with E-state index in [-0.39, 0.29) is 5.56 Å². The average molecular weight is 275 g/mol. The first-order valence-electron chi connectivity index (χ1n) is 7.19. The van der Waals surface area contributed by atoms with Crippen molar-refractivity contribution in [3.8, 4) is 0 Å². The lowest BCUT2D eigenvalue weighted by atomic mass is 10.2. The summed E-state index contributed by atoms with van der Waals surface area (Å²) in [6.45, 7) is 6.18. The number of fused-ring (bicyclic) bond motifs is 1. The molecular formula is C14H21N5O. The first-order valence-corrected chi connectivity index (χ1v) is 7.19. The van der Waals surface area contributed by atoms with Crippen LogP contribution in [0.3, 0.4) is 0 Å². The van der Waals surface area contributed by atoms with Crippen molar-refractivity contribution in [3.63, 3.8) is 0 Å². The van der Waals surface area contributed by atoms with Crippen molar-refractivity contribution >= 4 is 11.0 Å². The van der Waals surface area contributed by atoms with Crippen molar-refractivity contribution in [3.05, 3.63) is 22.4 Å². The Bertz CT molecular complexity index is 668. The molecule has 1 fully saturated rings. The number of nitrogens with zero attached hydrogens (tertiary/aromatic N) is 4. The van der Waals surface area contributed by atoms with Gasteiger partial charge in [0.1, 0.15) is 11.2 Å². The summed E-state index contributed by atoms with van der Waals surface area (Å²) in [7, 11) is 1.81. The third kappa shape index (κ3) is 2.60. The van der Waals surface area contributed by atoms with Crippen LogP contribution in [0.5, 0.6) is 0 Å². The quantitative estimate of drug-likeness (QED) is 0.892. The van der Waals surface area contributed by atoms with E-state index in [4.69, 9.17) is 0 Å². The van der Waals surface area contributed by atoms with E-state index >= 15 is 0 Å². The lowest BCUT2D eigenvalue weighted by Gasteiger charge is -2.23. The molecule has 1 aliphatic carbocycles. The van der Waals surface area contributed by atoms with Gasteiger partial charge in [0.25, 0.3) is 5.56 Å². The highest BCUT2D eigenvalue weighted by molar-refractivity contribution is 5.72. The predicted octanol–water partition coefficient (Wildman–Crippen LogP) is 1.28. The Kier molecular flexibility index (Phi) is 3.33. The van der Waals surface area contributed by atoms with Gasteiger partial charge in [-0.15, -0.1) is 0 Å². The number of hydrogen-bond acceptors (Lipinski definition) is 4. The van der Waals surface area contributed by atoms with E-state index in [9.17, 15) is 4.79 Å². The summed E-state index contributed by atoms with van der Waals surface area (Å²) in [6, 6.07) is 0.657. The van der Waals surface area contributed by atoms with E-state index in [1.54, 1.807) is 10.9 Å². The molecule has 0 unspecified atom stereocenters.